The highest BCUT2D eigenvalue weighted by Gasteiger charge is 2.14. The number of rotatable bonds is 5. The van der Waals surface area contributed by atoms with Crippen LogP contribution in [0.25, 0.3) is 0 Å². The van der Waals surface area contributed by atoms with E-state index in [2.05, 4.69) is 20.6 Å². The minimum atomic E-state index is 0.479. The third-order valence-corrected chi connectivity index (χ3v) is 4.08. The van der Waals surface area contributed by atoms with Crippen molar-refractivity contribution in [1.29, 1.82) is 0 Å². The SMILES string of the molecule is CCNC(=NCc1cccc2c1OCCCO2)NCc1nc(C)c(C)o1. The molecule has 2 aromatic rings. The summed E-state index contributed by atoms with van der Waals surface area (Å²) in [7, 11) is 0. The van der Waals surface area contributed by atoms with E-state index in [4.69, 9.17) is 13.9 Å². The van der Waals surface area contributed by atoms with E-state index in [-0.39, 0.29) is 0 Å². The Balaban J connectivity index is 1.69. The van der Waals surface area contributed by atoms with Gasteiger partial charge in [0.05, 0.1) is 32.0 Å². The van der Waals surface area contributed by atoms with E-state index >= 15 is 0 Å². The second-order valence-electron chi connectivity index (χ2n) is 6.09. The number of aliphatic imine (C=N–C) groups is 1. The first kappa shape index (κ1) is 18.1. The Morgan fingerprint density at radius 1 is 1.19 bits per heavy atom. The van der Waals surface area contributed by atoms with E-state index in [9.17, 15) is 0 Å². The van der Waals surface area contributed by atoms with E-state index in [0.29, 0.717) is 38.2 Å². The van der Waals surface area contributed by atoms with Crippen LogP contribution >= 0.6 is 0 Å². The summed E-state index contributed by atoms with van der Waals surface area (Å²) in [5.74, 6) is 3.78. The van der Waals surface area contributed by atoms with E-state index in [1.54, 1.807) is 0 Å². The Kier molecular flexibility index (Phi) is 5.99. The minimum Gasteiger partial charge on any atom is -0.490 e. The Labute approximate surface area is 153 Å². The van der Waals surface area contributed by atoms with Crippen molar-refractivity contribution in [2.75, 3.05) is 19.8 Å². The number of aryl methyl sites for hydroxylation is 2. The number of hydrogen-bond acceptors (Lipinski definition) is 5. The molecule has 2 heterocycles. The summed E-state index contributed by atoms with van der Waals surface area (Å²) in [6, 6.07) is 5.92. The van der Waals surface area contributed by atoms with Crippen molar-refractivity contribution in [2.24, 2.45) is 4.99 Å². The number of oxazole rings is 1. The number of fused-ring (bicyclic) bond motifs is 1. The summed E-state index contributed by atoms with van der Waals surface area (Å²) < 4.78 is 17.2. The molecule has 26 heavy (non-hydrogen) atoms. The van der Waals surface area contributed by atoms with Crippen molar-refractivity contribution in [1.82, 2.24) is 15.6 Å². The molecule has 0 aliphatic carbocycles. The topological polar surface area (TPSA) is 80.9 Å². The molecule has 0 saturated heterocycles. The molecule has 2 N–H and O–H groups in total. The third kappa shape index (κ3) is 4.47. The van der Waals surface area contributed by atoms with Gasteiger partial charge >= 0.3 is 0 Å². The predicted molar refractivity (Wildman–Crippen MR) is 99.7 cm³/mol. The van der Waals surface area contributed by atoms with Gasteiger partial charge in [-0.05, 0) is 26.8 Å². The van der Waals surface area contributed by atoms with Crippen molar-refractivity contribution in [3.63, 3.8) is 0 Å². The number of nitrogens with zero attached hydrogens (tertiary/aromatic N) is 2. The van der Waals surface area contributed by atoms with Crippen molar-refractivity contribution >= 4 is 5.96 Å². The number of ether oxygens (including phenoxy) is 2. The predicted octanol–water partition coefficient (Wildman–Crippen LogP) is 2.71. The number of benzene rings is 1. The molecule has 0 atom stereocenters. The second-order valence-corrected chi connectivity index (χ2v) is 6.09. The zero-order valence-electron chi connectivity index (χ0n) is 15.6. The zero-order chi connectivity index (χ0) is 18.4. The summed E-state index contributed by atoms with van der Waals surface area (Å²) >= 11 is 0. The molecule has 0 unspecified atom stereocenters. The molecule has 0 saturated carbocycles. The molecule has 0 bridgehead atoms. The Bertz CT molecular complexity index is 751. The highest BCUT2D eigenvalue weighted by Crippen LogP contribution is 2.33. The van der Waals surface area contributed by atoms with Crippen LogP contribution in [0.4, 0.5) is 0 Å². The summed E-state index contributed by atoms with van der Waals surface area (Å²) in [5.41, 5.74) is 1.91. The third-order valence-electron chi connectivity index (χ3n) is 4.08. The van der Waals surface area contributed by atoms with Crippen LogP contribution < -0.4 is 20.1 Å². The molecule has 3 rings (SSSR count). The molecule has 0 amide bonds. The van der Waals surface area contributed by atoms with Crippen LogP contribution in [-0.2, 0) is 13.1 Å². The smallest absolute Gasteiger partial charge is 0.214 e. The first-order chi connectivity index (χ1) is 12.7. The van der Waals surface area contributed by atoms with Crippen LogP contribution in [0, 0.1) is 13.8 Å². The lowest BCUT2D eigenvalue weighted by atomic mass is 10.2. The summed E-state index contributed by atoms with van der Waals surface area (Å²) in [6.45, 7) is 8.95. The van der Waals surface area contributed by atoms with Crippen molar-refractivity contribution in [3.05, 3.63) is 41.1 Å². The molecule has 1 aliphatic rings. The highest BCUT2D eigenvalue weighted by atomic mass is 16.5. The number of guanidine groups is 1. The van der Waals surface area contributed by atoms with Crippen molar-refractivity contribution in [2.45, 2.75) is 40.3 Å². The maximum Gasteiger partial charge on any atom is 0.214 e. The average molecular weight is 358 g/mol. The molecular weight excluding hydrogens is 332 g/mol. The largest absolute Gasteiger partial charge is 0.490 e. The lowest BCUT2D eigenvalue weighted by Gasteiger charge is -2.13. The molecule has 0 fully saturated rings. The molecular formula is C19H26N4O3. The van der Waals surface area contributed by atoms with Gasteiger partial charge in [0.25, 0.3) is 0 Å². The van der Waals surface area contributed by atoms with Crippen LogP contribution in [0.3, 0.4) is 0 Å². The van der Waals surface area contributed by atoms with Gasteiger partial charge in [-0.2, -0.15) is 0 Å². The maximum atomic E-state index is 5.86. The van der Waals surface area contributed by atoms with Crippen molar-refractivity contribution in [3.8, 4) is 11.5 Å². The molecule has 1 aliphatic heterocycles. The summed E-state index contributed by atoms with van der Waals surface area (Å²) in [6.07, 6.45) is 0.885. The molecule has 7 nitrogen and oxygen atoms in total. The quantitative estimate of drug-likeness (QED) is 0.632. The fourth-order valence-corrected chi connectivity index (χ4v) is 2.66. The summed E-state index contributed by atoms with van der Waals surface area (Å²) in [4.78, 5) is 9.04. The Morgan fingerprint density at radius 3 is 2.81 bits per heavy atom. The first-order valence-corrected chi connectivity index (χ1v) is 9.00. The Hall–Kier alpha value is -2.70. The molecule has 1 aromatic heterocycles. The van der Waals surface area contributed by atoms with Gasteiger partial charge < -0.3 is 24.5 Å². The van der Waals surface area contributed by atoms with Crippen LogP contribution in [0.5, 0.6) is 11.5 Å². The fraction of sp³-hybridized carbons (Fsp3) is 0.474. The van der Waals surface area contributed by atoms with E-state index in [1.807, 2.05) is 39.0 Å². The van der Waals surface area contributed by atoms with Crippen LogP contribution in [0.15, 0.2) is 27.6 Å². The fourth-order valence-electron chi connectivity index (χ4n) is 2.66. The maximum absolute atomic E-state index is 5.86. The molecule has 1 aromatic carbocycles. The van der Waals surface area contributed by atoms with Gasteiger partial charge in [0.15, 0.2) is 17.5 Å². The van der Waals surface area contributed by atoms with Gasteiger partial charge in [-0.1, -0.05) is 12.1 Å². The van der Waals surface area contributed by atoms with Crippen LogP contribution in [0.1, 0.15) is 36.3 Å². The van der Waals surface area contributed by atoms with E-state index < -0.39 is 0 Å². The van der Waals surface area contributed by atoms with Gasteiger partial charge in [0.1, 0.15) is 5.76 Å². The lowest BCUT2D eigenvalue weighted by molar-refractivity contribution is 0.296. The standard InChI is InChI=1S/C19H26N4O3/c1-4-20-19(22-12-17-23-13(2)14(3)26-17)21-11-15-7-5-8-16-18(15)25-10-6-9-24-16/h5,7-8H,4,6,9-12H2,1-3H3,(H2,20,21,22). The van der Waals surface area contributed by atoms with E-state index in [1.165, 1.54) is 0 Å². The monoisotopic (exact) mass is 358 g/mol. The van der Waals surface area contributed by atoms with Crippen molar-refractivity contribution < 1.29 is 13.9 Å². The average Bonchev–Trinajstić information content (AvgIpc) is 2.83. The van der Waals surface area contributed by atoms with Crippen LogP contribution in [-0.4, -0.2) is 30.7 Å². The van der Waals surface area contributed by atoms with Crippen LogP contribution in [0.2, 0.25) is 0 Å². The van der Waals surface area contributed by atoms with Gasteiger partial charge in [0.2, 0.25) is 5.89 Å². The molecule has 0 radical (unpaired) electrons. The molecule has 7 heteroatoms. The molecule has 0 spiro atoms. The lowest BCUT2D eigenvalue weighted by Crippen LogP contribution is -2.36. The zero-order valence-corrected chi connectivity index (χ0v) is 15.6. The summed E-state index contributed by atoms with van der Waals surface area (Å²) in [5, 5.41) is 6.49. The number of aromatic nitrogens is 1. The van der Waals surface area contributed by atoms with Gasteiger partial charge in [-0.15, -0.1) is 0 Å². The minimum absolute atomic E-state index is 0.479. The highest BCUT2D eigenvalue weighted by molar-refractivity contribution is 5.79. The number of nitrogens with one attached hydrogen (secondary N) is 2. The number of para-hydroxylation sites is 1. The van der Waals surface area contributed by atoms with Gasteiger partial charge in [0, 0.05) is 18.5 Å². The number of hydrogen-bond donors (Lipinski definition) is 2. The van der Waals surface area contributed by atoms with Gasteiger partial charge in [-0.3, -0.25) is 0 Å². The molecule has 140 valence electrons. The van der Waals surface area contributed by atoms with Gasteiger partial charge in [-0.25, -0.2) is 9.98 Å². The van der Waals surface area contributed by atoms with E-state index in [0.717, 1.165) is 41.5 Å². The first-order valence-electron chi connectivity index (χ1n) is 9.00. The normalized spacial score (nSPS) is 14.0. The Morgan fingerprint density at radius 2 is 2.04 bits per heavy atom. The second kappa shape index (κ2) is 8.60.